The first kappa shape index (κ1) is 17.4. The van der Waals surface area contributed by atoms with Crippen molar-refractivity contribution in [3.8, 4) is 0 Å². The van der Waals surface area contributed by atoms with Crippen LogP contribution < -0.4 is 9.62 Å². The third-order valence-electron chi connectivity index (χ3n) is 4.24. The van der Waals surface area contributed by atoms with Gasteiger partial charge in [0.1, 0.15) is 0 Å². The average Bonchev–Trinajstić information content (AvgIpc) is 2.36. The van der Waals surface area contributed by atoms with Gasteiger partial charge in [0.2, 0.25) is 10.0 Å². The van der Waals surface area contributed by atoms with Gasteiger partial charge in [-0.25, -0.2) is 8.42 Å². The maximum absolute atomic E-state index is 12.5. The van der Waals surface area contributed by atoms with E-state index in [-0.39, 0.29) is 0 Å². The van der Waals surface area contributed by atoms with Crippen LogP contribution in [-0.2, 0) is 10.0 Å². The largest absolute Gasteiger partial charge is 0.333 e. The number of hydrogen-bond donors (Lipinski definition) is 2. The van der Waals surface area contributed by atoms with Crippen LogP contribution >= 0.6 is 0 Å². The van der Waals surface area contributed by atoms with Gasteiger partial charge in [0.25, 0.3) is 0 Å². The van der Waals surface area contributed by atoms with E-state index < -0.39 is 15.6 Å². The lowest BCUT2D eigenvalue weighted by molar-refractivity contribution is -0.915. The molecule has 1 aromatic rings. The molecule has 1 aliphatic rings. The standard InChI is InChI=1S/C17H28N2O2S/c1-14-10-15(2)12-19(11-14)13-17(3,4)18-22(20,21)16-8-6-5-7-9-16/h5-9,14-15,18H,10-13H2,1-4H3/p+1/t14-,15+. The topological polar surface area (TPSA) is 50.6 Å². The molecule has 1 heterocycles. The van der Waals surface area contributed by atoms with Crippen molar-refractivity contribution in [3.05, 3.63) is 30.3 Å². The quantitative estimate of drug-likeness (QED) is 0.857. The highest BCUT2D eigenvalue weighted by Gasteiger charge is 2.33. The van der Waals surface area contributed by atoms with Crippen molar-refractivity contribution in [2.24, 2.45) is 11.8 Å². The second-order valence-electron chi connectivity index (χ2n) is 7.58. The van der Waals surface area contributed by atoms with Crippen LogP contribution in [0, 0.1) is 11.8 Å². The van der Waals surface area contributed by atoms with E-state index in [0.29, 0.717) is 16.7 Å². The van der Waals surface area contributed by atoms with Crippen molar-refractivity contribution in [2.75, 3.05) is 19.6 Å². The molecule has 0 aromatic heterocycles. The Labute approximate surface area is 135 Å². The summed E-state index contributed by atoms with van der Waals surface area (Å²) in [6.45, 7) is 11.6. The molecule has 1 unspecified atom stereocenters. The van der Waals surface area contributed by atoms with Gasteiger partial charge < -0.3 is 4.90 Å². The predicted octanol–water partition coefficient (Wildman–Crippen LogP) is 1.30. The minimum absolute atomic E-state index is 0.332. The molecule has 0 radical (unpaired) electrons. The molecule has 0 aliphatic carbocycles. The molecule has 1 fully saturated rings. The molecule has 0 amide bonds. The Hall–Kier alpha value is -0.910. The lowest BCUT2D eigenvalue weighted by Crippen LogP contribution is -3.16. The van der Waals surface area contributed by atoms with Crippen LogP contribution in [0.5, 0.6) is 0 Å². The lowest BCUT2D eigenvalue weighted by atomic mass is 9.91. The summed E-state index contributed by atoms with van der Waals surface area (Å²) in [4.78, 5) is 1.82. The number of rotatable bonds is 5. The van der Waals surface area contributed by atoms with Gasteiger partial charge in [0.15, 0.2) is 0 Å². The fraction of sp³-hybridized carbons (Fsp3) is 0.647. The Morgan fingerprint density at radius 2 is 1.68 bits per heavy atom. The van der Waals surface area contributed by atoms with Crippen molar-refractivity contribution in [1.29, 1.82) is 0 Å². The van der Waals surface area contributed by atoms with E-state index in [2.05, 4.69) is 18.6 Å². The van der Waals surface area contributed by atoms with Gasteiger partial charge in [-0.05, 0) is 32.4 Å². The van der Waals surface area contributed by atoms with Gasteiger partial charge in [-0.3, -0.25) is 0 Å². The van der Waals surface area contributed by atoms with Gasteiger partial charge in [-0.15, -0.1) is 0 Å². The lowest BCUT2D eigenvalue weighted by Gasteiger charge is -2.37. The van der Waals surface area contributed by atoms with E-state index >= 15 is 0 Å². The van der Waals surface area contributed by atoms with Crippen LogP contribution in [0.3, 0.4) is 0 Å². The van der Waals surface area contributed by atoms with E-state index in [1.165, 1.54) is 11.3 Å². The molecular formula is C17H29N2O2S+. The van der Waals surface area contributed by atoms with Crippen LogP contribution in [0.2, 0.25) is 0 Å². The van der Waals surface area contributed by atoms with Crippen LogP contribution in [0.25, 0.3) is 0 Å². The molecule has 5 heteroatoms. The maximum Gasteiger partial charge on any atom is 0.241 e. The van der Waals surface area contributed by atoms with Gasteiger partial charge in [0.05, 0.1) is 30.1 Å². The number of likely N-dealkylation sites (tertiary alicyclic amines) is 1. The van der Waals surface area contributed by atoms with Gasteiger partial charge >= 0.3 is 0 Å². The predicted molar refractivity (Wildman–Crippen MR) is 89.4 cm³/mol. The van der Waals surface area contributed by atoms with Gasteiger partial charge in [0, 0.05) is 11.8 Å². The molecule has 3 atom stereocenters. The van der Waals surface area contributed by atoms with Crippen LogP contribution in [0.4, 0.5) is 0 Å². The summed E-state index contributed by atoms with van der Waals surface area (Å²) in [6, 6.07) is 8.60. The van der Waals surface area contributed by atoms with Gasteiger partial charge in [-0.1, -0.05) is 32.0 Å². The highest BCUT2D eigenvalue weighted by molar-refractivity contribution is 7.89. The summed E-state index contributed by atoms with van der Waals surface area (Å²) in [5.41, 5.74) is -0.458. The van der Waals surface area contributed by atoms with Crippen molar-refractivity contribution < 1.29 is 13.3 Å². The highest BCUT2D eigenvalue weighted by Crippen LogP contribution is 2.14. The van der Waals surface area contributed by atoms with E-state index in [0.717, 1.165) is 19.6 Å². The van der Waals surface area contributed by atoms with Crippen molar-refractivity contribution >= 4 is 10.0 Å². The zero-order chi connectivity index (χ0) is 16.4. The van der Waals surface area contributed by atoms with Crippen molar-refractivity contribution in [1.82, 2.24) is 4.72 Å². The first-order valence-electron chi connectivity index (χ1n) is 8.10. The number of benzene rings is 1. The Bertz CT molecular complexity index is 574. The average molecular weight is 325 g/mol. The van der Waals surface area contributed by atoms with Crippen LogP contribution in [0.15, 0.2) is 35.2 Å². The maximum atomic E-state index is 12.5. The summed E-state index contributed by atoms with van der Waals surface area (Å²) in [6.07, 6.45) is 1.28. The molecule has 1 saturated heterocycles. The van der Waals surface area contributed by atoms with E-state index in [9.17, 15) is 8.42 Å². The number of piperidine rings is 1. The second kappa shape index (κ2) is 6.69. The SMILES string of the molecule is C[C@@H]1C[C@H](C)C[NH+](CC(C)(C)NS(=O)(=O)c2ccccc2)C1. The number of quaternary nitrogens is 1. The molecule has 4 nitrogen and oxygen atoms in total. The Balaban J connectivity index is 2.04. The summed E-state index contributed by atoms with van der Waals surface area (Å²) in [5, 5.41) is 0. The fourth-order valence-electron chi connectivity index (χ4n) is 3.75. The highest BCUT2D eigenvalue weighted by atomic mass is 32.2. The zero-order valence-electron chi connectivity index (χ0n) is 14.1. The second-order valence-corrected chi connectivity index (χ2v) is 9.27. The van der Waals surface area contributed by atoms with E-state index in [1.807, 2.05) is 19.9 Å². The van der Waals surface area contributed by atoms with E-state index in [4.69, 9.17) is 0 Å². The monoisotopic (exact) mass is 325 g/mol. The Morgan fingerprint density at radius 1 is 1.14 bits per heavy atom. The van der Waals surface area contributed by atoms with Crippen LogP contribution in [0.1, 0.15) is 34.1 Å². The molecule has 1 aliphatic heterocycles. The first-order valence-corrected chi connectivity index (χ1v) is 9.59. The summed E-state index contributed by atoms with van der Waals surface area (Å²) < 4.78 is 27.9. The summed E-state index contributed by atoms with van der Waals surface area (Å²) in [5.74, 6) is 1.42. The first-order chi connectivity index (χ1) is 10.2. The normalized spacial score (nSPS) is 26.8. The number of sulfonamides is 1. The minimum atomic E-state index is -3.46. The number of nitrogens with one attached hydrogen (secondary N) is 2. The molecule has 2 N–H and O–H groups in total. The van der Waals surface area contributed by atoms with E-state index in [1.54, 1.807) is 24.3 Å². The zero-order valence-corrected chi connectivity index (χ0v) is 14.9. The molecular weight excluding hydrogens is 296 g/mol. The molecule has 0 spiro atoms. The Kier molecular flexibility index (Phi) is 5.30. The molecule has 1 aromatic carbocycles. The molecule has 2 rings (SSSR count). The molecule has 22 heavy (non-hydrogen) atoms. The summed E-state index contributed by atoms with van der Waals surface area (Å²) in [7, 11) is -3.46. The molecule has 124 valence electrons. The Morgan fingerprint density at radius 3 is 2.23 bits per heavy atom. The third-order valence-corrected chi connectivity index (χ3v) is 5.95. The molecule has 0 bridgehead atoms. The van der Waals surface area contributed by atoms with Crippen molar-refractivity contribution in [2.45, 2.75) is 44.6 Å². The smallest absolute Gasteiger partial charge is 0.241 e. The minimum Gasteiger partial charge on any atom is -0.333 e. The third kappa shape index (κ3) is 4.80. The summed E-state index contributed by atoms with van der Waals surface area (Å²) >= 11 is 0. The molecule has 0 saturated carbocycles. The van der Waals surface area contributed by atoms with Crippen molar-refractivity contribution in [3.63, 3.8) is 0 Å². The number of hydrogen-bond acceptors (Lipinski definition) is 2. The van der Waals surface area contributed by atoms with Gasteiger partial charge in [-0.2, -0.15) is 4.72 Å². The van der Waals surface area contributed by atoms with Crippen LogP contribution in [-0.4, -0.2) is 33.6 Å². The fourth-order valence-corrected chi connectivity index (χ4v) is 5.18.